The van der Waals surface area contributed by atoms with E-state index in [4.69, 9.17) is 27.6 Å². The minimum Gasteiger partial charge on any atom is -0.403 e. The lowest BCUT2D eigenvalue weighted by Gasteiger charge is -2.34. The van der Waals surface area contributed by atoms with E-state index < -0.39 is 15.9 Å². The highest BCUT2D eigenvalue weighted by Crippen LogP contribution is 2.28. The maximum atomic E-state index is 13.0. The van der Waals surface area contributed by atoms with Gasteiger partial charge in [-0.15, -0.1) is 5.10 Å². The molecule has 0 radical (unpaired) electrons. The van der Waals surface area contributed by atoms with Gasteiger partial charge in [-0.1, -0.05) is 42.1 Å². The zero-order valence-corrected chi connectivity index (χ0v) is 20.3. The second kappa shape index (κ2) is 9.42. The molecule has 11 heteroatoms. The molecule has 1 aliphatic rings. The molecule has 174 valence electrons. The maximum Gasteiger partial charge on any atom is 0.322 e. The van der Waals surface area contributed by atoms with E-state index >= 15 is 0 Å². The summed E-state index contributed by atoms with van der Waals surface area (Å²) < 4.78 is 33.0. The molecule has 3 aromatic rings. The molecule has 2 unspecified atom stereocenters. The van der Waals surface area contributed by atoms with E-state index in [0.29, 0.717) is 40.5 Å². The molecule has 0 bridgehead atoms. The Bertz CT molecular complexity index is 1250. The van der Waals surface area contributed by atoms with Gasteiger partial charge in [0.2, 0.25) is 15.9 Å². The van der Waals surface area contributed by atoms with Crippen LogP contribution in [0.25, 0.3) is 11.5 Å². The van der Waals surface area contributed by atoms with Gasteiger partial charge in [0, 0.05) is 34.3 Å². The van der Waals surface area contributed by atoms with Crippen LogP contribution in [0.2, 0.25) is 10.0 Å². The van der Waals surface area contributed by atoms with Crippen molar-refractivity contribution in [3.05, 3.63) is 58.1 Å². The standard InChI is InChI=1S/C22H22Cl2N4O4S/c1-13-7-14(2)12-28(11-13)33(30,31)19-5-3-15(4-6-19)20(29)25-22-27-26-21(32-22)16-8-17(23)10-18(24)9-16/h3-6,8-10,13-14H,7,11-12H2,1-2H3,(H,25,27,29). The van der Waals surface area contributed by atoms with Gasteiger partial charge in [-0.3, -0.25) is 10.1 Å². The number of benzene rings is 2. The van der Waals surface area contributed by atoms with Crippen molar-refractivity contribution in [2.24, 2.45) is 11.8 Å². The molecular formula is C22H22Cl2N4O4S. The lowest BCUT2D eigenvalue weighted by atomic mass is 9.94. The number of aromatic nitrogens is 2. The normalized spacial score (nSPS) is 19.4. The van der Waals surface area contributed by atoms with Gasteiger partial charge >= 0.3 is 6.01 Å². The van der Waals surface area contributed by atoms with E-state index in [9.17, 15) is 13.2 Å². The van der Waals surface area contributed by atoms with Crippen LogP contribution in [0.5, 0.6) is 0 Å². The summed E-state index contributed by atoms with van der Waals surface area (Å²) in [4.78, 5) is 12.7. The van der Waals surface area contributed by atoms with E-state index in [1.165, 1.54) is 28.6 Å². The number of hydrogen-bond donors (Lipinski definition) is 1. The second-order valence-corrected chi connectivity index (χ2v) is 11.1. The Morgan fingerprint density at radius 2 is 1.64 bits per heavy atom. The molecule has 1 aliphatic heterocycles. The predicted molar refractivity (Wildman–Crippen MR) is 126 cm³/mol. The zero-order chi connectivity index (χ0) is 23.8. The van der Waals surface area contributed by atoms with Gasteiger partial charge in [-0.2, -0.15) is 4.31 Å². The molecule has 33 heavy (non-hydrogen) atoms. The fraction of sp³-hybridized carbons (Fsp3) is 0.318. The quantitative estimate of drug-likeness (QED) is 0.521. The largest absolute Gasteiger partial charge is 0.403 e. The summed E-state index contributed by atoms with van der Waals surface area (Å²) in [6.07, 6.45) is 1.01. The van der Waals surface area contributed by atoms with Crippen molar-refractivity contribution in [2.45, 2.75) is 25.2 Å². The maximum absolute atomic E-state index is 13.0. The lowest BCUT2D eigenvalue weighted by Crippen LogP contribution is -2.42. The minimum absolute atomic E-state index is 0.112. The Morgan fingerprint density at radius 3 is 2.24 bits per heavy atom. The summed E-state index contributed by atoms with van der Waals surface area (Å²) in [6.45, 7) is 5.09. The van der Waals surface area contributed by atoms with Crippen molar-refractivity contribution in [1.82, 2.24) is 14.5 Å². The zero-order valence-electron chi connectivity index (χ0n) is 18.0. The molecular weight excluding hydrogens is 487 g/mol. The monoisotopic (exact) mass is 508 g/mol. The second-order valence-electron chi connectivity index (χ2n) is 8.32. The Hall–Kier alpha value is -2.46. The van der Waals surface area contributed by atoms with Gasteiger partial charge in [0.1, 0.15) is 0 Å². The number of amides is 1. The average molecular weight is 509 g/mol. The molecule has 0 spiro atoms. The van der Waals surface area contributed by atoms with Crippen LogP contribution in [0.4, 0.5) is 6.01 Å². The van der Waals surface area contributed by atoms with Crippen LogP contribution in [0, 0.1) is 11.8 Å². The van der Waals surface area contributed by atoms with Gasteiger partial charge < -0.3 is 4.42 Å². The Labute approximate surface area is 201 Å². The Balaban J connectivity index is 1.46. The number of carbonyl (C=O) groups is 1. The van der Waals surface area contributed by atoms with Crippen molar-refractivity contribution >= 4 is 45.1 Å². The van der Waals surface area contributed by atoms with Crippen LogP contribution in [0.1, 0.15) is 30.6 Å². The molecule has 1 aromatic heterocycles. The van der Waals surface area contributed by atoms with Crippen LogP contribution < -0.4 is 5.32 Å². The summed E-state index contributed by atoms with van der Waals surface area (Å²) in [7, 11) is -3.62. The number of sulfonamides is 1. The SMILES string of the molecule is CC1CC(C)CN(S(=O)(=O)c2ccc(C(=O)Nc3nnc(-c4cc(Cl)cc(Cl)c4)o3)cc2)C1. The number of rotatable bonds is 5. The van der Waals surface area contributed by atoms with E-state index in [1.54, 1.807) is 18.2 Å². The summed E-state index contributed by atoms with van der Waals surface area (Å²) in [6, 6.07) is 10.4. The fourth-order valence-corrected chi connectivity index (χ4v) is 6.17. The molecule has 1 fully saturated rings. The summed E-state index contributed by atoms with van der Waals surface area (Å²) >= 11 is 12.0. The molecule has 1 amide bonds. The molecule has 2 atom stereocenters. The smallest absolute Gasteiger partial charge is 0.322 e. The number of piperidine rings is 1. The Morgan fingerprint density at radius 1 is 1.03 bits per heavy atom. The first-order chi connectivity index (χ1) is 15.6. The Kier molecular flexibility index (Phi) is 6.76. The lowest BCUT2D eigenvalue weighted by molar-refractivity contribution is 0.102. The van der Waals surface area contributed by atoms with Crippen LogP contribution in [0.15, 0.2) is 51.8 Å². The number of hydrogen-bond acceptors (Lipinski definition) is 6. The van der Waals surface area contributed by atoms with Crippen molar-refractivity contribution < 1.29 is 17.6 Å². The molecule has 0 saturated carbocycles. The third-order valence-corrected chi connectivity index (χ3v) is 7.63. The number of carbonyl (C=O) groups excluding carboxylic acids is 1. The summed E-state index contributed by atoms with van der Waals surface area (Å²) in [5.74, 6) is 0.228. The van der Waals surface area contributed by atoms with Gasteiger partial charge in [0.15, 0.2) is 0 Å². The number of nitrogens with zero attached hydrogens (tertiary/aromatic N) is 3. The third-order valence-electron chi connectivity index (χ3n) is 5.34. The molecule has 4 rings (SSSR count). The first kappa shape index (κ1) is 23.7. The summed E-state index contributed by atoms with van der Waals surface area (Å²) in [5.41, 5.74) is 0.760. The molecule has 1 saturated heterocycles. The minimum atomic E-state index is -3.62. The molecule has 0 aliphatic carbocycles. The number of nitrogens with one attached hydrogen (secondary N) is 1. The highest BCUT2D eigenvalue weighted by atomic mass is 35.5. The summed E-state index contributed by atoms with van der Waals surface area (Å²) in [5, 5.41) is 11.0. The van der Waals surface area contributed by atoms with Crippen molar-refractivity contribution in [3.63, 3.8) is 0 Å². The first-order valence-electron chi connectivity index (χ1n) is 10.3. The van der Waals surface area contributed by atoms with E-state index in [2.05, 4.69) is 29.4 Å². The fourth-order valence-electron chi connectivity index (χ4n) is 3.97. The van der Waals surface area contributed by atoms with Gasteiger partial charge in [-0.25, -0.2) is 8.42 Å². The number of halogens is 2. The molecule has 2 heterocycles. The van der Waals surface area contributed by atoms with Crippen LogP contribution in [-0.4, -0.2) is 41.9 Å². The molecule has 2 aromatic carbocycles. The highest BCUT2D eigenvalue weighted by Gasteiger charge is 2.31. The predicted octanol–water partition coefficient (Wildman–Crippen LogP) is 4.96. The van der Waals surface area contributed by atoms with Gasteiger partial charge in [-0.05, 0) is 60.7 Å². The third kappa shape index (κ3) is 5.38. The van der Waals surface area contributed by atoms with Gasteiger partial charge in [0.05, 0.1) is 4.90 Å². The van der Waals surface area contributed by atoms with E-state index in [1.807, 2.05) is 0 Å². The van der Waals surface area contributed by atoms with E-state index in [-0.39, 0.29) is 22.4 Å². The van der Waals surface area contributed by atoms with E-state index in [0.717, 1.165) is 6.42 Å². The highest BCUT2D eigenvalue weighted by molar-refractivity contribution is 7.89. The van der Waals surface area contributed by atoms with Crippen molar-refractivity contribution in [1.29, 1.82) is 0 Å². The van der Waals surface area contributed by atoms with Crippen molar-refractivity contribution in [2.75, 3.05) is 18.4 Å². The number of anilines is 1. The average Bonchev–Trinajstić information content (AvgIpc) is 3.21. The molecule has 8 nitrogen and oxygen atoms in total. The first-order valence-corrected chi connectivity index (χ1v) is 12.5. The van der Waals surface area contributed by atoms with Crippen LogP contribution in [-0.2, 0) is 10.0 Å². The van der Waals surface area contributed by atoms with Crippen molar-refractivity contribution in [3.8, 4) is 11.5 Å². The molecule has 1 N–H and O–H groups in total. The topological polar surface area (TPSA) is 105 Å². The van der Waals surface area contributed by atoms with Crippen LogP contribution >= 0.6 is 23.2 Å². The van der Waals surface area contributed by atoms with Crippen LogP contribution in [0.3, 0.4) is 0 Å². The van der Waals surface area contributed by atoms with Gasteiger partial charge in [0.25, 0.3) is 5.91 Å².